The number of halogens is 3. The Bertz CT molecular complexity index is 1250. The van der Waals surface area contributed by atoms with Gasteiger partial charge in [-0.1, -0.05) is 30.3 Å². The van der Waals surface area contributed by atoms with E-state index in [1.54, 1.807) is 18.2 Å². The summed E-state index contributed by atoms with van der Waals surface area (Å²) in [5.74, 6) is -0.543. The molecule has 0 atom stereocenters. The number of para-hydroxylation sites is 1. The minimum absolute atomic E-state index is 0.000254. The molecule has 0 saturated carbocycles. The molecule has 150 valence electrons. The van der Waals surface area contributed by atoms with E-state index in [0.717, 1.165) is 28.6 Å². The highest BCUT2D eigenvalue weighted by molar-refractivity contribution is 6.05. The highest BCUT2D eigenvalue weighted by atomic mass is 19.4. The van der Waals surface area contributed by atoms with Crippen LogP contribution < -0.4 is 5.32 Å². The predicted octanol–water partition coefficient (Wildman–Crippen LogP) is 5.27. The molecule has 4 rings (SSSR count). The van der Waals surface area contributed by atoms with E-state index >= 15 is 0 Å². The van der Waals surface area contributed by atoms with Crippen molar-refractivity contribution in [1.82, 2.24) is 15.0 Å². The summed E-state index contributed by atoms with van der Waals surface area (Å²) in [6, 6.07) is 16.6. The molecule has 2 heterocycles. The quantitative estimate of drug-likeness (QED) is 0.501. The number of aromatic nitrogens is 3. The number of benzene rings is 2. The molecular weight excluding hydrogens is 393 g/mol. The summed E-state index contributed by atoms with van der Waals surface area (Å²) in [6.07, 6.45) is -3.09. The van der Waals surface area contributed by atoms with Crippen LogP contribution in [0.15, 0.2) is 67.0 Å². The number of amides is 1. The van der Waals surface area contributed by atoms with Crippen molar-refractivity contribution in [3.63, 3.8) is 0 Å². The number of hydrogen-bond donors (Lipinski definition) is 1. The van der Waals surface area contributed by atoms with E-state index < -0.39 is 17.8 Å². The number of hydrogen-bond acceptors (Lipinski definition) is 4. The zero-order chi connectivity index (χ0) is 21.3. The zero-order valence-corrected chi connectivity index (χ0v) is 15.7. The summed E-state index contributed by atoms with van der Waals surface area (Å²) in [5.41, 5.74) is 1.80. The van der Waals surface area contributed by atoms with Gasteiger partial charge in [-0.05, 0) is 37.3 Å². The minimum Gasteiger partial charge on any atom is -0.322 e. The van der Waals surface area contributed by atoms with Gasteiger partial charge in [0, 0.05) is 16.6 Å². The second-order valence-electron chi connectivity index (χ2n) is 6.60. The molecule has 0 bridgehead atoms. The lowest BCUT2D eigenvalue weighted by atomic mass is 10.1. The van der Waals surface area contributed by atoms with Crippen molar-refractivity contribution in [2.75, 3.05) is 5.32 Å². The monoisotopic (exact) mass is 408 g/mol. The number of nitrogens with zero attached hydrogens (tertiary/aromatic N) is 3. The third-order valence-corrected chi connectivity index (χ3v) is 4.56. The lowest BCUT2D eigenvalue weighted by molar-refractivity contribution is -0.141. The number of alkyl halides is 3. The molecule has 2 aromatic carbocycles. The summed E-state index contributed by atoms with van der Waals surface area (Å²) in [7, 11) is 0. The van der Waals surface area contributed by atoms with Crippen molar-refractivity contribution in [3.8, 4) is 11.3 Å². The Labute approximate surface area is 169 Å². The first-order valence-corrected chi connectivity index (χ1v) is 8.99. The first-order valence-electron chi connectivity index (χ1n) is 8.99. The Morgan fingerprint density at radius 2 is 1.77 bits per heavy atom. The molecule has 0 spiro atoms. The van der Waals surface area contributed by atoms with Crippen LogP contribution in [-0.4, -0.2) is 20.9 Å². The van der Waals surface area contributed by atoms with Crippen LogP contribution in [0.25, 0.3) is 22.2 Å². The maximum absolute atomic E-state index is 12.8. The van der Waals surface area contributed by atoms with Gasteiger partial charge >= 0.3 is 6.18 Å². The van der Waals surface area contributed by atoms with E-state index in [-0.39, 0.29) is 11.3 Å². The average molecular weight is 408 g/mol. The molecule has 1 N–H and O–H groups in total. The van der Waals surface area contributed by atoms with E-state index in [2.05, 4.69) is 20.3 Å². The fraction of sp³-hybridized carbons (Fsp3) is 0.0909. The molecule has 8 heteroatoms. The lowest BCUT2D eigenvalue weighted by Gasteiger charge is -2.11. The van der Waals surface area contributed by atoms with Crippen LogP contribution in [0.1, 0.15) is 21.7 Å². The largest absolute Gasteiger partial charge is 0.433 e. The highest BCUT2D eigenvalue weighted by Gasteiger charge is 2.33. The standard InChI is InChI=1S/C22H15F3N4O/c1-13-16(9-10-19(28-13)22(23,24)25)21(30)29-15-6-4-5-14(11-15)20-17-7-2-3-8-18(17)26-12-27-20/h2-12H,1H3,(H,29,30). The fourth-order valence-electron chi connectivity index (χ4n) is 3.14. The second kappa shape index (κ2) is 7.55. The molecule has 0 aliphatic carbocycles. The summed E-state index contributed by atoms with van der Waals surface area (Å²) in [4.78, 5) is 24.7. The van der Waals surface area contributed by atoms with Crippen molar-refractivity contribution in [3.05, 3.63) is 83.9 Å². The zero-order valence-electron chi connectivity index (χ0n) is 15.7. The lowest BCUT2D eigenvalue weighted by Crippen LogP contribution is -2.16. The fourth-order valence-corrected chi connectivity index (χ4v) is 3.14. The van der Waals surface area contributed by atoms with E-state index in [4.69, 9.17) is 0 Å². The topological polar surface area (TPSA) is 67.8 Å². The van der Waals surface area contributed by atoms with Gasteiger partial charge in [-0.15, -0.1) is 0 Å². The molecule has 5 nitrogen and oxygen atoms in total. The van der Waals surface area contributed by atoms with Gasteiger partial charge < -0.3 is 5.32 Å². The Morgan fingerprint density at radius 3 is 2.53 bits per heavy atom. The van der Waals surface area contributed by atoms with Crippen molar-refractivity contribution in [2.45, 2.75) is 13.1 Å². The number of pyridine rings is 1. The molecule has 30 heavy (non-hydrogen) atoms. The summed E-state index contributed by atoms with van der Waals surface area (Å²) in [6.45, 7) is 1.37. The molecule has 0 saturated heterocycles. The summed E-state index contributed by atoms with van der Waals surface area (Å²) < 4.78 is 38.4. The van der Waals surface area contributed by atoms with Gasteiger partial charge in [0.2, 0.25) is 0 Å². The predicted molar refractivity (Wildman–Crippen MR) is 107 cm³/mol. The number of carbonyl (C=O) groups excluding carboxylic acids is 1. The van der Waals surface area contributed by atoms with Crippen LogP contribution in [0.3, 0.4) is 0 Å². The van der Waals surface area contributed by atoms with Gasteiger partial charge in [0.1, 0.15) is 12.0 Å². The first-order chi connectivity index (χ1) is 14.3. The molecule has 4 aromatic rings. The van der Waals surface area contributed by atoms with Crippen LogP contribution in [0, 0.1) is 6.92 Å². The van der Waals surface area contributed by atoms with Gasteiger partial charge in [-0.3, -0.25) is 4.79 Å². The van der Waals surface area contributed by atoms with Crippen LogP contribution in [0.5, 0.6) is 0 Å². The third kappa shape index (κ3) is 3.84. The number of carbonyl (C=O) groups is 1. The normalized spacial score (nSPS) is 11.5. The van der Waals surface area contributed by atoms with Crippen LogP contribution >= 0.6 is 0 Å². The minimum atomic E-state index is -4.56. The van der Waals surface area contributed by atoms with Gasteiger partial charge in [0.05, 0.1) is 22.5 Å². The molecule has 0 aliphatic rings. The first kappa shape index (κ1) is 19.5. The molecule has 2 aromatic heterocycles. The second-order valence-corrected chi connectivity index (χ2v) is 6.60. The van der Waals surface area contributed by atoms with Gasteiger partial charge in [-0.25, -0.2) is 15.0 Å². The number of fused-ring (bicyclic) bond motifs is 1. The average Bonchev–Trinajstić information content (AvgIpc) is 2.72. The molecule has 1 amide bonds. The molecule has 0 unspecified atom stereocenters. The van der Waals surface area contributed by atoms with Crippen LogP contribution in [-0.2, 0) is 6.18 Å². The van der Waals surface area contributed by atoms with Crippen molar-refractivity contribution in [2.24, 2.45) is 0 Å². The Morgan fingerprint density at radius 1 is 0.967 bits per heavy atom. The maximum Gasteiger partial charge on any atom is 0.433 e. The van der Waals surface area contributed by atoms with E-state index in [1.165, 1.54) is 13.3 Å². The smallest absolute Gasteiger partial charge is 0.322 e. The van der Waals surface area contributed by atoms with Crippen molar-refractivity contribution >= 4 is 22.5 Å². The number of anilines is 1. The Kier molecular flexibility index (Phi) is 4.91. The van der Waals surface area contributed by atoms with Gasteiger partial charge in [0.15, 0.2) is 0 Å². The van der Waals surface area contributed by atoms with Crippen molar-refractivity contribution in [1.29, 1.82) is 0 Å². The van der Waals surface area contributed by atoms with Gasteiger partial charge in [-0.2, -0.15) is 13.2 Å². The highest BCUT2D eigenvalue weighted by Crippen LogP contribution is 2.29. The van der Waals surface area contributed by atoms with Crippen LogP contribution in [0.2, 0.25) is 0 Å². The SMILES string of the molecule is Cc1nc(C(F)(F)F)ccc1C(=O)Nc1cccc(-c2ncnc3ccccc23)c1. The van der Waals surface area contributed by atoms with E-state index in [9.17, 15) is 18.0 Å². The van der Waals surface area contributed by atoms with Crippen LogP contribution in [0.4, 0.5) is 18.9 Å². The number of rotatable bonds is 3. The maximum atomic E-state index is 12.8. The Hall–Kier alpha value is -3.81. The Balaban J connectivity index is 1.63. The van der Waals surface area contributed by atoms with Gasteiger partial charge in [0.25, 0.3) is 5.91 Å². The summed E-state index contributed by atoms with van der Waals surface area (Å²) in [5, 5.41) is 3.58. The van der Waals surface area contributed by atoms with E-state index in [0.29, 0.717) is 11.4 Å². The van der Waals surface area contributed by atoms with Crippen molar-refractivity contribution < 1.29 is 18.0 Å². The third-order valence-electron chi connectivity index (χ3n) is 4.56. The molecular formula is C22H15F3N4O. The molecule has 0 radical (unpaired) electrons. The number of nitrogens with one attached hydrogen (secondary N) is 1. The number of aryl methyl sites for hydroxylation is 1. The molecule has 0 fully saturated rings. The van der Waals surface area contributed by atoms with E-state index in [1.807, 2.05) is 30.3 Å². The molecule has 0 aliphatic heterocycles. The summed E-state index contributed by atoms with van der Waals surface area (Å²) >= 11 is 0.